The lowest BCUT2D eigenvalue weighted by Gasteiger charge is -2.35. The first-order chi connectivity index (χ1) is 15.1. The Labute approximate surface area is 181 Å². The Morgan fingerprint density at radius 1 is 1.16 bits per heavy atom. The fourth-order valence-corrected chi connectivity index (χ4v) is 4.65. The van der Waals surface area contributed by atoms with E-state index in [1.807, 2.05) is 11.0 Å². The van der Waals surface area contributed by atoms with Crippen LogP contribution in [0.4, 0.5) is 4.39 Å². The van der Waals surface area contributed by atoms with Crippen molar-refractivity contribution in [2.24, 2.45) is 0 Å². The van der Waals surface area contributed by atoms with Crippen molar-refractivity contribution in [1.82, 2.24) is 19.8 Å². The number of nitrogens with zero attached hydrogens (tertiary/aromatic N) is 3. The molecule has 2 saturated heterocycles. The van der Waals surface area contributed by atoms with Crippen LogP contribution in [0.25, 0.3) is 22.2 Å². The molecular weight excluding hydrogens is 395 g/mol. The Bertz CT molecular complexity index is 1100. The zero-order valence-electron chi connectivity index (χ0n) is 17.7. The number of ether oxygens (including phenoxy) is 1. The van der Waals surface area contributed by atoms with E-state index >= 15 is 0 Å². The topological polar surface area (TPSA) is 61.5 Å². The highest BCUT2D eigenvalue weighted by molar-refractivity contribution is 5.95. The highest BCUT2D eigenvalue weighted by Crippen LogP contribution is 2.37. The van der Waals surface area contributed by atoms with Gasteiger partial charge in [0.1, 0.15) is 17.2 Å². The summed E-state index contributed by atoms with van der Waals surface area (Å²) in [4.78, 5) is 24.4. The molecule has 1 aromatic carbocycles. The zero-order valence-corrected chi connectivity index (χ0v) is 17.7. The number of likely N-dealkylation sites (tertiary alicyclic amines) is 2. The Balaban J connectivity index is 1.35. The highest BCUT2D eigenvalue weighted by Gasteiger charge is 2.27. The summed E-state index contributed by atoms with van der Waals surface area (Å²) < 4.78 is 19.4. The number of carbonyl (C=O) groups excluding carboxylic acids is 1. The Morgan fingerprint density at radius 2 is 1.97 bits per heavy atom. The third kappa shape index (κ3) is 3.90. The molecular formula is C24H27FN4O2. The SMILES string of the molecule is COc1ccc(F)cc1-c1ccnc2[nH]c(C3CCN(CC(=O)N4CCC4)CC3)cc12. The van der Waals surface area contributed by atoms with Crippen LogP contribution in [0.2, 0.25) is 0 Å². The van der Waals surface area contributed by atoms with Gasteiger partial charge in [0.05, 0.1) is 13.7 Å². The molecule has 0 aliphatic carbocycles. The number of amides is 1. The Kier molecular flexibility index (Phi) is 5.36. The van der Waals surface area contributed by atoms with Crippen LogP contribution < -0.4 is 4.74 Å². The number of pyridine rings is 1. The second-order valence-electron chi connectivity index (χ2n) is 8.47. The molecule has 2 fully saturated rings. The molecule has 0 bridgehead atoms. The van der Waals surface area contributed by atoms with E-state index in [9.17, 15) is 9.18 Å². The van der Waals surface area contributed by atoms with Crippen molar-refractivity contribution in [3.05, 3.63) is 48.0 Å². The van der Waals surface area contributed by atoms with E-state index in [0.717, 1.165) is 73.3 Å². The first-order valence-corrected chi connectivity index (χ1v) is 10.9. The first-order valence-electron chi connectivity index (χ1n) is 10.9. The second-order valence-corrected chi connectivity index (χ2v) is 8.47. The van der Waals surface area contributed by atoms with Crippen LogP contribution >= 0.6 is 0 Å². The molecule has 0 atom stereocenters. The monoisotopic (exact) mass is 422 g/mol. The summed E-state index contributed by atoms with van der Waals surface area (Å²) in [5, 5.41) is 0.969. The number of aromatic amines is 1. The number of hydrogen-bond donors (Lipinski definition) is 1. The van der Waals surface area contributed by atoms with E-state index in [4.69, 9.17) is 4.74 Å². The van der Waals surface area contributed by atoms with Crippen LogP contribution in [0.1, 0.15) is 30.9 Å². The van der Waals surface area contributed by atoms with Gasteiger partial charge in [0.25, 0.3) is 0 Å². The van der Waals surface area contributed by atoms with Gasteiger partial charge in [-0.2, -0.15) is 0 Å². The minimum absolute atomic E-state index is 0.258. The van der Waals surface area contributed by atoms with E-state index in [1.165, 1.54) is 12.1 Å². The van der Waals surface area contributed by atoms with Crippen LogP contribution in [-0.2, 0) is 4.79 Å². The van der Waals surface area contributed by atoms with Crippen LogP contribution in [0.5, 0.6) is 5.75 Å². The number of methoxy groups -OCH3 is 1. The quantitative estimate of drug-likeness (QED) is 0.680. The number of fused-ring (bicyclic) bond motifs is 1. The van der Waals surface area contributed by atoms with Gasteiger partial charge in [0.2, 0.25) is 5.91 Å². The molecule has 7 heteroatoms. The van der Waals surface area contributed by atoms with Gasteiger partial charge in [-0.05, 0) is 68.2 Å². The number of hydrogen-bond acceptors (Lipinski definition) is 4. The van der Waals surface area contributed by atoms with Gasteiger partial charge in [-0.25, -0.2) is 9.37 Å². The minimum Gasteiger partial charge on any atom is -0.496 e. The van der Waals surface area contributed by atoms with E-state index in [2.05, 4.69) is 20.9 Å². The number of benzene rings is 1. The second kappa shape index (κ2) is 8.30. The molecule has 31 heavy (non-hydrogen) atoms. The molecule has 2 aromatic heterocycles. The van der Waals surface area contributed by atoms with Gasteiger partial charge in [0.15, 0.2) is 0 Å². The molecule has 0 unspecified atom stereocenters. The summed E-state index contributed by atoms with van der Waals surface area (Å²) in [5.41, 5.74) is 3.58. The van der Waals surface area contributed by atoms with E-state index in [-0.39, 0.29) is 11.7 Å². The average Bonchev–Trinajstić information content (AvgIpc) is 3.17. The van der Waals surface area contributed by atoms with E-state index in [0.29, 0.717) is 18.2 Å². The molecule has 0 saturated carbocycles. The van der Waals surface area contributed by atoms with Gasteiger partial charge >= 0.3 is 0 Å². The summed E-state index contributed by atoms with van der Waals surface area (Å²) in [6.45, 7) is 4.19. The molecule has 2 aliphatic heterocycles. The molecule has 0 radical (unpaired) electrons. The fraction of sp³-hybridized carbons (Fsp3) is 0.417. The lowest BCUT2D eigenvalue weighted by Crippen LogP contribution is -2.48. The van der Waals surface area contributed by atoms with Crippen LogP contribution in [0.3, 0.4) is 0 Å². The maximum absolute atomic E-state index is 14.0. The number of carbonyl (C=O) groups is 1. The Hall–Kier alpha value is -2.93. The molecule has 1 amide bonds. The number of rotatable bonds is 5. The maximum atomic E-state index is 14.0. The summed E-state index contributed by atoms with van der Waals surface area (Å²) in [6.07, 6.45) is 4.87. The van der Waals surface area contributed by atoms with Gasteiger partial charge in [0, 0.05) is 41.8 Å². The van der Waals surface area contributed by atoms with Crippen molar-refractivity contribution in [2.75, 3.05) is 39.8 Å². The number of nitrogens with one attached hydrogen (secondary N) is 1. The molecule has 4 heterocycles. The lowest BCUT2D eigenvalue weighted by molar-refractivity contribution is -0.136. The average molecular weight is 423 g/mol. The van der Waals surface area contributed by atoms with Crippen molar-refractivity contribution in [2.45, 2.75) is 25.2 Å². The molecule has 0 spiro atoms. The van der Waals surface area contributed by atoms with Crippen LogP contribution in [0.15, 0.2) is 36.5 Å². The predicted octanol–water partition coefficient (Wildman–Crippen LogP) is 3.79. The molecule has 162 valence electrons. The van der Waals surface area contributed by atoms with Crippen molar-refractivity contribution in [3.63, 3.8) is 0 Å². The molecule has 2 aliphatic rings. The molecule has 6 nitrogen and oxygen atoms in total. The normalized spacial score (nSPS) is 17.7. The predicted molar refractivity (Wildman–Crippen MR) is 118 cm³/mol. The highest BCUT2D eigenvalue weighted by atomic mass is 19.1. The summed E-state index contributed by atoms with van der Waals surface area (Å²) in [7, 11) is 1.60. The van der Waals surface area contributed by atoms with Crippen molar-refractivity contribution in [3.8, 4) is 16.9 Å². The standard InChI is InChI=1S/C24H27FN4O2/c1-31-22-4-3-17(25)13-19(22)18-5-8-26-24-20(18)14-21(27-24)16-6-11-28(12-7-16)15-23(30)29-9-2-10-29/h3-5,8,13-14,16H,2,6-7,9-12,15H2,1H3,(H,26,27). The minimum atomic E-state index is -0.295. The summed E-state index contributed by atoms with van der Waals surface area (Å²) in [5.74, 6) is 0.994. The number of H-pyrrole nitrogens is 1. The molecule has 3 aromatic rings. The molecule has 1 N–H and O–H groups in total. The van der Waals surface area contributed by atoms with Gasteiger partial charge in [-0.15, -0.1) is 0 Å². The van der Waals surface area contributed by atoms with E-state index < -0.39 is 0 Å². The zero-order chi connectivity index (χ0) is 21.4. The third-order valence-electron chi connectivity index (χ3n) is 6.60. The van der Waals surface area contributed by atoms with Crippen molar-refractivity contribution in [1.29, 1.82) is 0 Å². The van der Waals surface area contributed by atoms with Gasteiger partial charge in [-0.3, -0.25) is 9.69 Å². The Morgan fingerprint density at radius 3 is 2.68 bits per heavy atom. The first kappa shape index (κ1) is 20.0. The van der Waals surface area contributed by atoms with Crippen LogP contribution in [-0.4, -0.2) is 65.5 Å². The fourth-order valence-electron chi connectivity index (χ4n) is 4.65. The van der Waals surface area contributed by atoms with Gasteiger partial charge in [-0.1, -0.05) is 0 Å². The van der Waals surface area contributed by atoms with Gasteiger partial charge < -0.3 is 14.6 Å². The summed E-state index contributed by atoms with van der Waals surface area (Å²) >= 11 is 0. The maximum Gasteiger partial charge on any atom is 0.236 e. The third-order valence-corrected chi connectivity index (χ3v) is 6.60. The summed E-state index contributed by atoms with van der Waals surface area (Å²) in [6, 6.07) is 8.62. The number of piperidine rings is 1. The smallest absolute Gasteiger partial charge is 0.236 e. The molecule has 5 rings (SSSR count). The lowest BCUT2D eigenvalue weighted by atomic mass is 9.93. The number of aromatic nitrogens is 2. The largest absolute Gasteiger partial charge is 0.496 e. The van der Waals surface area contributed by atoms with Crippen molar-refractivity contribution < 1.29 is 13.9 Å². The number of halogens is 1. The van der Waals surface area contributed by atoms with Crippen LogP contribution in [0, 0.1) is 5.82 Å². The van der Waals surface area contributed by atoms with Crippen molar-refractivity contribution >= 4 is 16.9 Å². The van der Waals surface area contributed by atoms with E-state index in [1.54, 1.807) is 19.4 Å².